The first-order valence-corrected chi connectivity index (χ1v) is 15.2. The van der Waals surface area contributed by atoms with Crippen LogP contribution in [-0.2, 0) is 0 Å². The zero-order valence-corrected chi connectivity index (χ0v) is 26.6. The van der Waals surface area contributed by atoms with Crippen LogP contribution >= 0.6 is 0 Å². The lowest BCUT2D eigenvalue weighted by molar-refractivity contribution is 0.393. The van der Waals surface area contributed by atoms with Crippen LogP contribution in [0.15, 0.2) is 146 Å². The van der Waals surface area contributed by atoms with E-state index in [9.17, 15) is 0 Å². The molecule has 6 nitrogen and oxygen atoms in total. The van der Waals surface area contributed by atoms with E-state index in [2.05, 4.69) is 125 Å². The molecule has 5 aromatic carbocycles. The molecule has 0 saturated carbocycles. The summed E-state index contributed by atoms with van der Waals surface area (Å²) < 4.78 is 23.1. The van der Waals surface area contributed by atoms with Crippen LogP contribution < -0.4 is 28.7 Å². The number of ether oxygens (including phenoxy) is 4. The van der Waals surface area contributed by atoms with Crippen molar-refractivity contribution in [1.82, 2.24) is 0 Å². The monoisotopic (exact) mass is 610 g/mol. The van der Waals surface area contributed by atoms with Crippen molar-refractivity contribution in [2.45, 2.75) is 12.1 Å². The minimum absolute atomic E-state index is 0.622. The van der Waals surface area contributed by atoms with E-state index >= 15 is 0 Å². The summed E-state index contributed by atoms with van der Waals surface area (Å²) in [6, 6.07) is 43.3. The molecule has 1 aliphatic rings. The summed E-state index contributed by atoms with van der Waals surface area (Å²) in [5.41, 5.74) is 5.30. The first kappa shape index (κ1) is 30.4. The Morgan fingerprint density at radius 3 is 1.22 bits per heavy atom. The Morgan fingerprint density at radius 1 is 0.478 bits per heavy atom. The smallest absolute Gasteiger partial charge is 0.145 e. The third-order valence-corrected chi connectivity index (χ3v) is 8.25. The zero-order valence-electron chi connectivity index (χ0n) is 26.6. The second-order valence-corrected chi connectivity index (χ2v) is 10.9. The number of anilines is 4. The molecule has 1 aliphatic carbocycles. The Morgan fingerprint density at radius 2 is 0.870 bits per heavy atom. The molecule has 0 saturated heterocycles. The van der Waals surface area contributed by atoms with E-state index in [0.29, 0.717) is 29.4 Å². The molecule has 0 bridgehead atoms. The Bertz CT molecular complexity index is 1680. The highest BCUT2D eigenvalue weighted by Crippen LogP contribution is 2.49. The lowest BCUT2D eigenvalue weighted by Gasteiger charge is -2.52. The molecule has 0 fully saturated rings. The number of allylic oxidation sites excluding steroid dienone is 2. The molecule has 232 valence electrons. The minimum atomic E-state index is -0.810. The number of rotatable bonds is 11. The van der Waals surface area contributed by atoms with E-state index in [1.807, 2.05) is 30.3 Å². The van der Waals surface area contributed by atoms with Gasteiger partial charge in [-0.25, -0.2) is 0 Å². The van der Waals surface area contributed by atoms with Crippen molar-refractivity contribution in [1.29, 1.82) is 0 Å². The van der Waals surface area contributed by atoms with E-state index in [0.717, 1.165) is 33.9 Å². The molecule has 0 atom stereocenters. The molecule has 0 heterocycles. The number of hydrogen-bond donors (Lipinski definition) is 0. The summed E-state index contributed by atoms with van der Waals surface area (Å²) in [7, 11) is 6.70. The molecule has 0 radical (unpaired) electrons. The number of methoxy groups -OCH3 is 4. The molecule has 5 aromatic rings. The summed E-state index contributed by atoms with van der Waals surface area (Å²) in [6.07, 6.45) is 7.46. The maximum Gasteiger partial charge on any atom is 0.145 e. The van der Waals surface area contributed by atoms with Crippen LogP contribution in [0, 0.1) is 0 Å². The predicted molar refractivity (Wildman–Crippen MR) is 187 cm³/mol. The lowest BCUT2D eigenvalue weighted by Crippen LogP contribution is -2.57. The topological polar surface area (TPSA) is 43.4 Å². The number of benzene rings is 5. The van der Waals surface area contributed by atoms with Crippen LogP contribution in [0.2, 0.25) is 0 Å². The summed E-state index contributed by atoms with van der Waals surface area (Å²) in [6.45, 7) is 0. The van der Waals surface area contributed by atoms with E-state index in [1.165, 1.54) is 0 Å². The van der Waals surface area contributed by atoms with Gasteiger partial charge in [-0.1, -0.05) is 78.9 Å². The summed E-state index contributed by atoms with van der Waals surface area (Å²) >= 11 is 0. The summed E-state index contributed by atoms with van der Waals surface area (Å²) in [5, 5.41) is 0. The standard InChI is InChI=1S/C40H38N2O4/c1-43-36-24-34(25-37(28-36)44-2)41(32-16-10-6-11-17-32)40(22-20-31(21-23-40)30-14-8-5-9-15-30)42(33-18-12-7-13-19-33)35-26-38(45-3)29-39(27-35)46-4/h5-22,24-29H,23H2,1-4H3. The Kier molecular flexibility index (Phi) is 8.97. The van der Waals surface area contributed by atoms with Gasteiger partial charge in [0.25, 0.3) is 0 Å². The van der Waals surface area contributed by atoms with Crippen molar-refractivity contribution in [3.63, 3.8) is 0 Å². The molecule has 6 rings (SSSR count). The van der Waals surface area contributed by atoms with Gasteiger partial charge in [-0.15, -0.1) is 0 Å². The maximum absolute atomic E-state index is 5.79. The Labute approximate surface area is 271 Å². The molecule has 0 N–H and O–H groups in total. The van der Waals surface area contributed by atoms with Gasteiger partial charge >= 0.3 is 0 Å². The molecular formula is C40H38N2O4. The van der Waals surface area contributed by atoms with Crippen molar-refractivity contribution in [2.75, 3.05) is 38.2 Å². The SMILES string of the molecule is COc1cc(OC)cc(N(c2ccccc2)C2(N(c3ccccc3)c3cc(OC)cc(OC)c3)C=CC(c3ccccc3)=CC2)c1. The van der Waals surface area contributed by atoms with Crippen molar-refractivity contribution < 1.29 is 18.9 Å². The molecule has 0 aliphatic heterocycles. The molecule has 46 heavy (non-hydrogen) atoms. The van der Waals surface area contributed by atoms with Crippen LogP contribution in [0.3, 0.4) is 0 Å². The fraction of sp³-hybridized carbons (Fsp3) is 0.150. The van der Waals surface area contributed by atoms with E-state index in [4.69, 9.17) is 18.9 Å². The van der Waals surface area contributed by atoms with Gasteiger partial charge in [-0.2, -0.15) is 0 Å². The summed E-state index contributed by atoms with van der Waals surface area (Å²) in [5.74, 6) is 2.78. The number of para-hydroxylation sites is 2. The molecule has 0 unspecified atom stereocenters. The minimum Gasteiger partial charge on any atom is -0.497 e. The fourth-order valence-corrected chi connectivity index (χ4v) is 6.09. The van der Waals surface area contributed by atoms with Gasteiger partial charge in [0.1, 0.15) is 28.7 Å². The predicted octanol–water partition coefficient (Wildman–Crippen LogP) is 9.44. The average Bonchev–Trinajstić information content (AvgIpc) is 3.13. The maximum atomic E-state index is 5.79. The Balaban J connectivity index is 1.68. The lowest BCUT2D eigenvalue weighted by atomic mass is 9.88. The Hall–Kier alpha value is -5.62. The van der Waals surface area contributed by atoms with Crippen LogP contribution in [-0.4, -0.2) is 34.1 Å². The normalized spacial score (nSPS) is 13.3. The van der Waals surface area contributed by atoms with Gasteiger partial charge < -0.3 is 28.7 Å². The third kappa shape index (κ3) is 6.02. The highest BCUT2D eigenvalue weighted by Gasteiger charge is 2.44. The molecule has 0 amide bonds. The first-order chi connectivity index (χ1) is 22.6. The number of nitrogens with zero attached hydrogens (tertiary/aromatic N) is 2. The van der Waals surface area contributed by atoms with E-state index < -0.39 is 5.66 Å². The second kappa shape index (κ2) is 13.6. The van der Waals surface area contributed by atoms with Crippen molar-refractivity contribution in [2.24, 2.45) is 0 Å². The van der Waals surface area contributed by atoms with Crippen LogP contribution in [0.5, 0.6) is 23.0 Å². The third-order valence-electron chi connectivity index (χ3n) is 8.25. The molecular weight excluding hydrogens is 572 g/mol. The van der Waals surface area contributed by atoms with Crippen LogP contribution in [0.25, 0.3) is 5.57 Å². The van der Waals surface area contributed by atoms with Gasteiger partial charge in [0.15, 0.2) is 0 Å². The highest BCUT2D eigenvalue weighted by atomic mass is 16.5. The van der Waals surface area contributed by atoms with Crippen LogP contribution in [0.4, 0.5) is 22.7 Å². The van der Waals surface area contributed by atoms with E-state index in [-0.39, 0.29) is 0 Å². The molecule has 0 spiro atoms. The van der Waals surface area contributed by atoms with Crippen molar-refractivity contribution in [3.05, 3.63) is 151 Å². The molecule has 0 aromatic heterocycles. The number of hydrogen-bond acceptors (Lipinski definition) is 6. The quantitative estimate of drug-likeness (QED) is 0.139. The van der Waals surface area contributed by atoms with E-state index in [1.54, 1.807) is 28.4 Å². The van der Waals surface area contributed by atoms with Gasteiger partial charge in [0, 0.05) is 54.2 Å². The summed E-state index contributed by atoms with van der Waals surface area (Å²) in [4.78, 5) is 4.71. The fourth-order valence-electron chi connectivity index (χ4n) is 6.09. The highest BCUT2D eigenvalue weighted by molar-refractivity contribution is 5.82. The second-order valence-electron chi connectivity index (χ2n) is 10.9. The van der Waals surface area contributed by atoms with Gasteiger partial charge in [-0.3, -0.25) is 0 Å². The van der Waals surface area contributed by atoms with Gasteiger partial charge in [0.05, 0.1) is 39.8 Å². The van der Waals surface area contributed by atoms with Crippen LogP contribution in [0.1, 0.15) is 12.0 Å². The first-order valence-electron chi connectivity index (χ1n) is 15.2. The van der Waals surface area contributed by atoms with Crippen molar-refractivity contribution >= 4 is 28.3 Å². The van der Waals surface area contributed by atoms with Crippen molar-refractivity contribution in [3.8, 4) is 23.0 Å². The van der Waals surface area contributed by atoms with Gasteiger partial charge in [0.2, 0.25) is 0 Å². The largest absolute Gasteiger partial charge is 0.497 e. The zero-order chi connectivity index (χ0) is 31.9. The molecule has 6 heteroatoms. The average molecular weight is 611 g/mol. The van der Waals surface area contributed by atoms with Gasteiger partial charge in [-0.05, 0) is 41.5 Å².